The van der Waals surface area contributed by atoms with Crippen molar-refractivity contribution in [1.29, 1.82) is 0 Å². The Kier molecular flexibility index (Phi) is 2.15. The van der Waals surface area contributed by atoms with Crippen LogP contribution in [0.15, 0.2) is 16.7 Å². The van der Waals surface area contributed by atoms with Crippen LogP contribution in [0.5, 0.6) is 0 Å². The van der Waals surface area contributed by atoms with Gasteiger partial charge in [-0.1, -0.05) is 43.6 Å². The van der Waals surface area contributed by atoms with Gasteiger partial charge in [0.15, 0.2) is 11.4 Å². The molecule has 0 amide bonds. The zero-order valence-corrected chi connectivity index (χ0v) is 9.72. The van der Waals surface area contributed by atoms with Gasteiger partial charge in [0, 0.05) is 5.56 Å². The van der Waals surface area contributed by atoms with Crippen LogP contribution in [0.25, 0.3) is 11.0 Å². The summed E-state index contributed by atoms with van der Waals surface area (Å²) in [6.45, 7) is 6.32. The molecular weight excluding hydrogens is 212 g/mol. The molecule has 3 nitrogen and oxygen atoms in total. The molecule has 2 N–H and O–H groups in total. The molecule has 1 heterocycles. The number of halogens is 1. The molecule has 0 saturated carbocycles. The standard InChI is InChI=1S/C11H13ClN2O/c1-11(2,3)6-4-5-7(12)8-9(6)15-14-10(8)13/h4-5H,1-3H3,(H2,13,14). The molecule has 0 unspecified atom stereocenters. The topological polar surface area (TPSA) is 52.0 Å². The van der Waals surface area contributed by atoms with E-state index in [1.165, 1.54) is 0 Å². The zero-order valence-electron chi connectivity index (χ0n) is 8.97. The van der Waals surface area contributed by atoms with Crippen LogP contribution < -0.4 is 5.73 Å². The number of rotatable bonds is 0. The van der Waals surface area contributed by atoms with Crippen molar-refractivity contribution in [3.63, 3.8) is 0 Å². The summed E-state index contributed by atoms with van der Waals surface area (Å²) in [5.74, 6) is 0.348. The smallest absolute Gasteiger partial charge is 0.176 e. The van der Waals surface area contributed by atoms with Crippen molar-refractivity contribution in [3.8, 4) is 0 Å². The van der Waals surface area contributed by atoms with E-state index < -0.39 is 0 Å². The van der Waals surface area contributed by atoms with Crippen LogP contribution in [0.3, 0.4) is 0 Å². The van der Waals surface area contributed by atoms with Crippen molar-refractivity contribution in [2.45, 2.75) is 26.2 Å². The van der Waals surface area contributed by atoms with Crippen molar-refractivity contribution in [1.82, 2.24) is 5.16 Å². The lowest BCUT2D eigenvalue weighted by atomic mass is 9.86. The summed E-state index contributed by atoms with van der Waals surface area (Å²) in [7, 11) is 0. The van der Waals surface area contributed by atoms with Crippen LogP contribution in [-0.4, -0.2) is 5.16 Å². The highest BCUT2D eigenvalue weighted by molar-refractivity contribution is 6.36. The SMILES string of the molecule is CC(C)(C)c1ccc(Cl)c2c(N)noc12. The van der Waals surface area contributed by atoms with Gasteiger partial charge in [-0.2, -0.15) is 0 Å². The van der Waals surface area contributed by atoms with Gasteiger partial charge in [0.05, 0.1) is 10.4 Å². The van der Waals surface area contributed by atoms with Crippen molar-refractivity contribution in [3.05, 3.63) is 22.7 Å². The number of nitrogens with two attached hydrogens (primary N) is 1. The first kappa shape index (κ1) is 10.3. The Morgan fingerprint density at radius 3 is 2.60 bits per heavy atom. The third-order valence-electron chi connectivity index (χ3n) is 2.41. The predicted molar refractivity (Wildman–Crippen MR) is 62.1 cm³/mol. The molecule has 2 rings (SSSR count). The fourth-order valence-electron chi connectivity index (χ4n) is 1.62. The number of hydrogen-bond donors (Lipinski definition) is 1. The Labute approximate surface area is 93.2 Å². The molecule has 0 aliphatic heterocycles. The molecule has 0 aliphatic carbocycles. The second-order valence-corrected chi connectivity index (χ2v) is 5.02. The van der Waals surface area contributed by atoms with Crippen LogP contribution in [0, 0.1) is 0 Å². The summed E-state index contributed by atoms with van der Waals surface area (Å²) >= 11 is 6.05. The normalized spacial score (nSPS) is 12.3. The third kappa shape index (κ3) is 1.57. The number of nitrogen functional groups attached to an aromatic ring is 1. The highest BCUT2D eigenvalue weighted by Gasteiger charge is 2.22. The van der Waals surface area contributed by atoms with Gasteiger partial charge >= 0.3 is 0 Å². The van der Waals surface area contributed by atoms with E-state index in [0.29, 0.717) is 21.8 Å². The van der Waals surface area contributed by atoms with Crippen LogP contribution >= 0.6 is 11.6 Å². The van der Waals surface area contributed by atoms with E-state index in [4.69, 9.17) is 21.9 Å². The highest BCUT2D eigenvalue weighted by atomic mass is 35.5. The summed E-state index contributed by atoms with van der Waals surface area (Å²) < 4.78 is 5.23. The average Bonchev–Trinajstić information content (AvgIpc) is 2.47. The Morgan fingerprint density at radius 2 is 2.00 bits per heavy atom. The molecule has 80 valence electrons. The summed E-state index contributed by atoms with van der Waals surface area (Å²) in [5.41, 5.74) is 7.43. The van der Waals surface area contributed by atoms with Gasteiger partial charge in [0.1, 0.15) is 0 Å². The first-order valence-corrected chi connectivity index (χ1v) is 5.13. The highest BCUT2D eigenvalue weighted by Crippen LogP contribution is 2.36. The summed E-state index contributed by atoms with van der Waals surface area (Å²) in [4.78, 5) is 0. The van der Waals surface area contributed by atoms with Gasteiger partial charge in [-0.25, -0.2) is 0 Å². The number of benzene rings is 1. The lowest BCUT2D eigenvalue weighted by Crippen LogP contribution is -2.11. The fraction of sp³-hybridized carbons (Fsp3) is 0.364. The molecule has 1 aromatic carbocycles. The monoisotopic (exact) mass is 224 g/mol. The maximum atomic E-state index is 6.05. The molecule has 0 aliphatic rings. The minimum Gasteiger partial charge on any atom is -0.380 e. The minimum atomic E-state index is -0.0190. The lowest BCUT2D eigenvalue weighted by Gasteiger charge is -2.18. The molecule has 0 spiro atoms. The number of hydrogen-bond acceptors (Lipinski definition) is 3. The number of fused-ring (bicyclic) bond motifs is 1. The van der Waals surface area contributed by atoms with Crippen LogP contribution in [0.4, 0.5) is 5.82 Å². The van der Waals surface area contributed by atoms with E-state index >= 15 is 0 Å². The quantitative estimate of drug-likeness (QED) is 0.747. The molecule has 0 bridgehead atoms. The van der Waals surface area contributed by atoms with Gasteiger partial charge in [-0.05, 0) is 11.5 Å². The van der Waals surface area contributed by atoms with Crippen LogP contribution in [-0.2, 0) is 5.41 Å². The fourth-order valence-corrected chi connectivity index (χ4v) is 1.87. The van der Waals surface area contributed by atoms with Gasteiger partial charge in [0.25, 0.3) is 0 Å². The Hall–Kier alpha value is -1.22. The van der Waals surface area contributed by atoms with Gasteiger partial charge in [-0.15, -0.1) is 0 Å². The van der Waals surface area contributed by atoms with E-state index in [-0.39, 0.29) is 5.41 Å². The molecule has 4 heteroatoms. The van der Waals surface area contributed by atoms with Crippen molar-refractivity contribution < 1.29 is 4.52 Å². The van der Waals surface area contributed by atoms with Gasteiger partial charge in [0.2, 0.25) is 0 Å². The van der Waals surface area contributed by atoms with E-state index in [0.717, 1.165) is 5.56 Å². The van der Waals surface area contributed by atoms with Gasteiger partial charge in [-0.3, -0.25) is 0 Å². The molecular formula is C11H13ClN2O. The van der Waals surface area contributed by atoms with Crippen LogP contribution in [0.2, 0.25) is 5.02 Å². The second kappa shape index (κ2) is 3.14. The molecule has 0 atom stereocenters. The number of nitrogens with zero attached hydrogens (tertiary/aromatic N) is 1. The Bertz CT molecular complexity index is 511. The van der Waals surface area contributed by atoms with E-state index in [9.17, 15) is 0 Å². The second-order valence-electron chi connectivity index (χ2n) is 4.62. The van der Waals surface area contributed by atoms with Crippen molar-refractivity contribution in [2.24, 2.45) is 0 Å². The summed E-state index contributed by atoms with van der Waals surface area (Å²) in [6, 6.07) is 3.79. The first-order valence-electron chi connectivity index (χ1n) is 4.75. The van der Waals surface area contributed by atoms with Gasteiger partial charge < -0.3 is 10.3 Å². The van der Waals surface area contributed by atoms with E-state index in [1.54, 1.807) is 0 Å². The van der Waals surface area contributed by atoms with E-state index in [1.807, 2.05) is 12.1 Å². The summed E-state index contributed by atoms with van der Waals surface area (Å²) in [5, 5.41) is 5.04. The molecule has 0 fully saturated rings. The maximum Gasteiger partial charge on any atom is 0.176 e. The third-order valence-corrected chi connectivity index (χ3v) is 2.72. The molecule has 1 aromatic heterocycles. The zero-order chi connectivity index (χ0) is 11.2. The molecule has 2 aromatic rings. The average molecular weight is 225 g/mol. The van der Waals surface area contributed by atoms with Crippen LogP contribution in [0.1, 0.15) is 26.3 Å². The predicted octanol–water partition coefficient (Wildman–Crippen LogP) is 3.36. The first-order chi connectivity index (χ1) is 6.91. The Morgan fingerprint density at radius 1 is 1.33 bits per heavy atom. The number of anilines is 1. The molecule has 0 radical (unpaired) electrons. The Balaban J connectivity index is 2.85. The molecule has 0 saturated heterocycles. The van der Waals surface area contributed by atoms with Crippen molar-refractivity contribution >= 4 is 28.4 Å². The lowest BCUT2D eigenvalue weighted by molar-refractivity contribution is 0.450. The summed E-state index contributed by atoms with van der Waals surface area (Å²) in [6.07, 6.45) is 0. The largest absolute Gasteiger partial charge is 0.380 e. The maximum absolute atomic E-state index is 6.05. The van der Waals surface area contributed by atoms with E-state index in [2.05, 4.69) is 25.9 Å². The molecule has 15 heavy (non-hydrogen) atoms. The van der Waals surface area contributed by atoms with Crippen molar-refractivity contribution in [2.75, 3.05) is 5.73 Å². The number of aromatic nitrogens is 1. The minimum absolute atomic E-state index is 0.0190.